The van der Waals surface area contributed by atoms with Crippen molar-refractivity contribution >= 4 is 38.9 Å². The third-order valence-electron chi connectivity index (χ3n) is 6.00. The number of nitrogens with zero attached hydrogens (tertiary/aromatic N) is 3. The first-order valence-electron chi connectivity index (χ1n) is 10.4. The summed E-state index contributed by atoms with van der Waals surface area (Å²) in [6.07, 6.45) is 0. The highest BCUT2D eigenvalue weighted by Gasteiger charge is 2.36. The van der Waals surface area contributed by atoms with Crippen LogP contribution in [0.1, 0.15) is 0 Å². The summed E-state index contributed by atoms with van der Waals surface area (Å²) in [6.45, 7) is 2.16. The second-order valence-electron chi connectivity index (χ2n) is 7.87. The number of carbonyl (C=O) groups is 1. The molecule has 32 heavy (non-hydrogen) atoms. The molecule has 6 nitrogen and oxygen atoms in total. The Morgan fingerprint density at radius 2 is 1.53 bits per heavy atom. The Bertz CT molecular complexity index is 1290. The number of rotatable bonds is 3. The summed E-state index contributed by atoms with van der Waals surface area (Å²) in [4.78, 5) is 17.3. The number of amides is 1. The molecule has 1 fully saturated rings. The number of benzene rings is 3. The van der Waals surface area contributed by atoms with Gasteiger partial charge in [0, 0.05) is 48.0 Å². The van der Waals surface area contributed by atoms with E-state index in [0.29, 0.717) is 42.5 Å². The molecule has 1 saturated heterocycles. The van der Waals surface area contributed by atoms with Crippen LogP contribution < -0.4 is 9.21 Å². The zero-order valence-corrected chi connectivity index (χ0v) is 18.9. The van der Waals surface area contributed by atoms with Crippen molar-refractivity contribution < 1.29 is 13.2 Å². The highest BCUT2D eigenvalue weighted by atomic mass is 35.5. The van der Waals surface area contributed by atoms with Crippen LogP contribution in [0.4, 0.5) is 11.4 Å². The van der Waals surface area contributed by atoms with Crippen molar-refractivity contribution in [2.75, 3.05) is 41.9 Å². The number of para-hydroxylation sites is 1. The Kier molecular flexibility index (Phi) is 5.31. The van der Waals surface area contributed by atoms with Crippen LogP contribution in [-0.4, -0.2) is 51.9 Å². The summed E-state index contributed by atoms with van der Waals surface area (Å²) in [5.41, 5.74) is 3.05. The molecule has 164 valence electrons. The van der Waals surface area contributed by atoms with Crippen LogP contribution >= 0.6 is 11.6 Å². The molecule has 3 aromatic carbocycles. The van der Waals surface area contributed by atoms with Crippen molar-refractivity contribution in [3.8, 4) is 11.1 Å². The van der Waals surface area contributed by atoms with E-state index in [4.69, 9.17) is 11.6 Å². The van der Waals surface area contributed by atoms with E-state index in [1.807, 2.05) is 42.5 Å². The van der Waals surface area contributed by atoms with Gasteiger partial charge in [0.05, 0.1) is 10.6 Å². The lowest BCUT2D eigenvalue weighted by Gasteiger charge is -2.38. The van der Waals surface area contributed by atoms with Crippen LogP contribution in [0.25, 0.3) is 11.1 Å². The average molecular weight is 468 g/mol. The third kappa shape index (κ3) is 3.61. The average Bonchev–Trinajstić information content (AvgIpc) is 2.82. The Morgan fingerprint density at radius 1 is 0.844 bits per heavy atom. The molecule has 2 aliphatic rings. The minimum Gasteiger partial charge on any atom is -0.368 e. The molecule has 2 heterocycles. The van der Waals surface area contributed by atoms with Gasteiger partial charge in [0.1, 0.15) is 6.54 Å². The predicted molar refractivity (Wildman–Crippen MR) is 127 cm³/mol. The van der Waals surface area contributed by atoms with Crippen molar-refractivity contribution in [3.05, 3.63) is 77.8 Å². The van der Waals surface area contributed by atoms with Gasteiger partial charge in [0.15, 0.2) is 0 Å². The number of hydrogen-bond donors (Lipinski definition) is 0. The first-order valence-corrected chi connectivity index (χ1v) is 12.3. The van der Waals surface area contributed by atoms with E-state index >= 15 is 0 Å². The fourth-order valence-corrected chi connectivity index (χ4v) is 6.19. The van der Waals surface area contributed by atoms with Crippen LogP contribution in [-0.2, 0) is 14.8 Å². The maximum absolute atomic E-state index is 13.4. The van der Waals surface area contributed by atoms with E-state index in [1.165, 1.54) is 4.31 Å². The number of fused-ring (bicyclic) bond motifs is 3. The van der Waals surface area contributed by atoms with Gasteiger partial charge in [-0.1, -0.05) is 54.1 Å². The molecule has 8 heteroatoms. The smallest absolute Gasteiger partial charge is 0.265 e. The highest BCUT2D eigenvalue weighted by molar-refractivity contribution is 7.93. The third-order valence-corrected chi connectivity index (χ3v) is 8.06. The van der Waals surface area contributed by atoms with Gasteiger partial charge in [-0.15, -0.1) is 0 Å². The second kappa shape index (κ2) is 8.15. The first kappa shape index (κ1) is 20.8. The van der Waals surface area contributed by atoms with Gasteiger partial charge in [-0.3, -0.25) is 9.10 Å². The summed E-state index contributed by atoms with van der Waals surface area (Å²) < 4.78 is 28.0. The van der Waals surface area contributed by atoms with Crippen LogP contribution in [0.3, 0.4) is 0 Å². The largest absolute Gasteiger partial charge is 0.368 e. The van der Waals surface area contributed by atoms with Gasteiger partial charge in [-0.05, 0) is 30.3 Å². The second-order valence-corrected chi connectivity index (χ2v) is 10.1. The van der Waals surface area contributed by atoms with Gasteiger partial charge in [-0.25, -0.2) is 8.42 Å². The van der Waals surface area contributed by atoms with E-state index < -0.39 is 10.0 Å². The maximum Gasteiger partial charge on any atom is 0.265 e. The number of piperazine rings is 1. The van der Waals surface area contributed by atoms with E-state index in [0.717, 1.165) is 11.3 Å². The minimum atomic E-state index is -3.83. The molecule has 3 aromatic rings. The number of hydrogen-bond acceptors (Lipinski definition) is 4. The molecular formula is C24H22ClN3O3S. The molecule has 0 bridgehead atoms. The number of carbonyl (C=O) groups excluding carboxylic acids is 1. The number of sulfonamides is 1. The molecule has 5 rings (SSSR count). The standard InChI is InChI=1S/C24H22ClN3O3S/c25-18-6-5-7-19(16-18)26-12-14-27(15-13-26)24(29)17-28-22-10-3-1-8-20(22)21-9-2-4-11-23(21)32(28,30)31/h1-11,16H,12-15,17H2. The fourth-order valence-electron chi connectivity index (χ4n) is 4.36. The molecule has 1 amide bonds. The van der Waals surface area contributed by atoms with Crippen molar-refractivity contribution in [3.63, 3.8) is 0 Å². The lowest BCUT2D eigenvalue weighted by atomic mass is 10.0. The quantitative estimate of drug-likeness (QED) is 0.586. The van der Waals surface area contributed by atoms with Gasteiger partial charge < -0.3 is 9.80 Å². The molecule has 0 atom stereocenters. The molecule has 0 radical (unpaired) electrons. The topological polar surface area (TPSA) is 60.9 Å². The lowest BCUT2D eigenvalue weighted by Crippen LogP contribution is -2.52. The summed E-state index contributed by atoms with van der Waals surface area (Å²) in [5.74, 6) is -0.200. The minimum absolute atomic E-state index is 0.200. The Labute approximate surface area is 192 Å². The van der Waals surface area contributed by atoms with E-state index in [1.54, 1.807) is 35.2 Å². The van der Waals surface area contributed by atoms with Gasteiger partial charge in [0.25, 0.3) is 10.0 Å². The number of halogens is 1. The zero-order valence-electron chi connectivity index (χ0n) is 17.3. The fraction of sp³-hybridized carbons (Fsp3) is 0.208. The monoisotopic (exact) mass is 467 g/mol. The molecule has 0 aliphatic carbocycles. The lowest BCUT2D eigenvalue weighted by molar-refractivity contribution is -0.129. The summed E-state index contributed by atoms with van der Waals surface area (Å²) in [7, 11) is -3.83. The molecular weight excluding hydrogens is 446 g/mol. The predicted octanol–water partition coefficient (Wildman–Crippen LogP) is 3.86. The SMILES string of the molecule is O=C(CN1c2ccccc2-c2ccccc2S1(=O)=O)N1CCN(c2cccc(Cl)c2)CC1. The highest BCUT2D eigenvalue weighted by Crippen LogP contribution is 2.42. The number of anilines is 2. The van der Waals surface area contributed by atoms with Crippen LogP contribution in [0.5, 0.6) is 0 Å². The first-order chi connectivity index (χ1) is 15.4. The van der Waals surface area contributed by atoms with Crippen molar-refractivity contribution in [2.45, 2.75) is 4.90 Å². The Hall–Kier alpha value is -3.03. The molecule has 0 spiro atoms. The molecule has 0 unspecified atom stereocenters. The van der Waals surface area contributed by atoms with Crippen molar-refractivity contribution in [1.82, 2.24) is 4.90 Å². The summed E-state index contributed by atoms with van der Waals surface area (Å²) in [6, 6.07) is 21.9. The van der Waals surface area contributed by atoms with E-state index in [9.17, 15) is 13.2 Å². The van der Waals surface area contributed by atoms with Crippen LogP contribution in [0.15, 0.2) is 77.7 Å². The molecule has 0 N–H and O–H groups in total. The molecule has 0 aromatic heterocycles. The summed E-state index contributed by atoms with van der Waals surface area (Å²) >= 11 is 6.10. The van der Waals surface area contributed by atoms with Gasteiger partial charge >= 0.3 is 0 Å². The molecule has 0 saturated carbocycles. The van der Waals surface area contributed by atoms with E-state index in [-0.39, 0.29) is 17.3 Å². The van der Waals surface area contributed by atoms with Crippen molar-refractivity contribution in [2.24, 2.45) is 0 Å². The van der Waals surface area contributed by atoms with Gasteiger partial charge in [0.2, 0.25) is 5.91 Å². The molecule has 2 aliphatic heterocycles. The van der Waals surface area contributed by atoms with Crippen LogP contribution in [0.2, 0.25) is 5.02 Å². The van der Waals surface area contributed by atoms with Gasteiger partial charge in [-0.2, -0.15) is 0 Å². The normalized spacial score (nSPS) is 17.0. The maximum atomic E-state index is 13.4. The van der Waals surface area contributed by atoms with Crippen LogP contribution in [0, 0.1) is 0 Å². The Balaban J connectivity index is 1.36. The Morgan fingerprint density at radius 3 is 2.28 bits per heavy atom. The van der Waals surface area contributed by atoms with Crippen molar-refractivity contribution in [1.29, 1.82) is 0 Å². The zero-order chi connectivity index (χ0) is 22.3. The summed E-state index contributed by atoms with van der Waals surface area (Å²) in [5, 5.41) is 0.676. The van der Waals surface area contributed by atoms with E-state index in [2.05, 4.69) is 4.90 Å².